The number of hydrogen-bond donors (Lipinski definition) is 1. The van der Waals surface area contributed by atoms with E-state index < -0.39 is 21.7 Å². The number of hydrogen-bond acceptors (Lipinski definition) is 6. The lowest BCUT2D eigenvalue weighted by Gasteiger charge is -2.07. The third kappa shape index (κ3) is 3.38. The molecule has 0 bridgehead atoms. The topological polar surface area (TPSA) is 138 Å². The van der Waals surface area contributed by atoms with Gasteiger partial charge in [0.15, 0.2) is 11.2 Å². The maximum atomic E-state index is 12.4. The van der Waals surface area contributed by atoms with Crippen LogP contribution in [0.5, 0.6) is 0 Å². The molecule has 148 valence electrons. The average Bonchev–Trinajstić information content (AvgIpc) is 3.01. The van der Waals surface area contributed by atoms with E-state index >= 15 is 0 Å². The van der Waals surface area contributed by atoms with Crippen LogP contribution < -0.4 is 16.8 Å². The number of nitrogens with one attached hydrogen (secondary N) is 1. The Morgan fingerprint density at radius 3 is 2.57 bits per heavy atom. The van der Waals surface area contributed by atoms with Gasteiger partial charge in [0.2, 0.25) is 0 Å². The van der Waals surface area contributed by atoms with E-state index in [4.69, 9.17) is 0 Å². The second-order valence-electron chi connectivity index (χ2n) is 6.32. The fourth-order valence-corrected chi connectivity index (χ4v) is 3.11. The minimum absolute atomic E-state index is 0.0650. The number of pyridine rings is 1. The summed E-state index contributed by atoms with van der Waals surface area (Å²) in [6.07, 6.45) is 2.73. The van der Waals surface area contributed by atoms with Crippen molar-refractivity contribution in [3.63, 3.8) is 0 Å². The summed E-state index contributed by atoms with van der Waals surface area (Å²) in [7, 11) is 0. The van der Waals surface area contributed by atoms with E-state index in [1.165, 1.54) is 4.57 Å². The molecule has 3 aromatic heterocycles. The first-order chi connectivity index (χ1) is 13.4. The second kappa shape index (κ2) is 7.62. The Kier molecular flexibility index (Phi) is 5.25. The van der Waals surface area contributed by atoms with Gasteiger partial charge in [-0.1, -0.05) is 13.3 Å². The molecule has 0 saturated heterocycles. The van der Waals surface area contributed by atoms with E-state index in [9.17, 15) is 24.5 Å². The van der Waals surface area contributed by atoms with E-state index in [0.29, 0.717) is 18.9 Å². The molecule has 0 aliphatic carbocycles. The molecule has 3 heterocycles. The summed E-state index contributed by atoms with van der Waals surface area (Å²) in [6, 6.07) is 2.25. The lowest BCUT2D eigenvalue weighted by atomic mass is 10.3. The quantitative estimate of drug-likeness (QED) is 0.470. The fourth-order valence-electron chi connectivity index (χ4n) is 3.11. The first kappa shape index (κ1) is 19.3. The van der Waals surface area contributed by atoms with Crippen molar-refractivity contribution in [3.05, 3.63) is 65.5 Å². The van der Waals surface area contributed by atoms with E-state index in [0.717, 1.165) is 35.7 Å². The molecule has 0 atom stereocenters. The molecule has 3 aromatic rings. The van der Waals surface area contributed by atoms with Crippen molar-refractivity contribution in [2.45, 2.75) is 46.3 Å². The molecule has 0 saturated carbocycles. The Morgan fingerprint density at radius 2 is 1.93 bits per heavy atom. The number of rotatable bonds is 7. The smallest absolute Gasteiger partial charge is 0.321 e. The highest BCUT2D eigenvalue weighted by Crippen LogP contribution is 2.14. The normalized spacial score (nSPS) is 11.2. The maximum absolute atomic E-state index is 12.4. The van der Waals surface area contributed by atoms with Crippen molar-refractivity contribution in [1.82, 2.24) is 23.7 Å². The Bertz CT molecular complexity index is 1220. The summed E-state index contributed by atoms with van der Waals surface area (Å²) in [5.74, 6) is 0.362. The zero-order chi connectivity index (χ0) is 20.4. The Hall–Kier alpha value is -3.50. The molecule has 11 heteroatoms. The summed E-state index contributed by atoms with van der Waals surface area (Å²) in [5, 5.41) is 11.0. The molecule has 0 amide bonds. The van der Waals surface area contributed by atoms with Gasteiger partial charge in [-0.05, 0) is 13.3 Å². The summed E-state index contributed by atoms with van der Waals surface area (Å²) < 4.78 is 4.18. The van der Waals surface area contributed by atoms with Crippen molar-refractivity contribution in [2.24, 2.45) is 0 Å². The van der Waals surface area contributed by atoms with Gasteiger partial charge in [-0.2, -0.15) is 0 Å². The molecular formula is C17H20N6O5. The van der Waals surface area contributed by atoms with Crippen LogP contribution in [-0.4, -0.2) is 28.6 Å². The minimum atomic E-state index is -0.591. The van der Waals surface area contributed by atoms with Gasteiger partial charge in [-0.25, -0.2) is 9.78 Å². The van der Waals surface area contributed by atoms with Gasteiger partial charge >= 0.3 is 5.69 Å². The summed E-state index contributed by atoms with van der Waals surface area (Å²) in [4.78, 5) is 53.9. The van der Waals surface area contributed by atoms with Gasteiger partial charge in [0.1, 0.15) is 5.82 Å². The zero-order valence-electron chi connectivity index (χ0n) is 15.5. The number of aromatic nitrogens is 5. The number of fused-ring (bicyclic) bond motifs is 1. The number of H-pyrrole nitrogens is 1. The van der Waals surface area contributed by atoms with Gasteiger partial charge in [-0.3, -0.25) is 29.3 Å². The lowest BCUT2D eigenvalue weighted by molar-refractivity contribution is -0.385. The largest absolute Gasteiger partial charge is 0.330 e. The molecule has 3 rings (SSSR count). The summed E-state index contributed by atoms with van der Waals surface area (Å²) in [5.41, 5.74) is -1.26. The lowest BCUT2D eigenvalue weighted by Crippen LogP contribution is -2.31. The van der Waals surface area contributed by atoms with Crippen molar-refractivity contribution < 1.29 is 4.92 Å². The third-order valence-electron chi connectivity index (χ3n) is 4.51. The first-order valence-electron chi connectivity index (χ1n) is 8.94. The van der Waals surface area contributed by atoms with Crippen LogP contribution in [0.25, 0.3) is 11.2 Å². The molecule has 0 aliphatic rings. The molecule has 11 nitrogen and oxygen atoms in total. The maximum Gasteiger partial charge on any atom is 0.330 e. The van der Waals surface area contributed by atoms with Crippen LogP contribution in [0.1, 0.15) is 32.5 Å². The van der Waals surface area contributed by atoms with Crippen LogP contribution in [0.4, 0.5) is 5.69 Å². The molecule has 0 aromatic carbocycles. The molecule has 1 N–H and O–H groups in total. The van der Waals surface area contributed by atoms with Crippen LogP contribution in [0.3, 0.4) is 0 Å². The Labute approximate surface area is 158 Å². The molecule has 0 fully saturated rings. The van der Waals surface area contributed by atoms with Gasteiger partial charge < -0.3 is 9.13 Å². The average molecular weight is 388 g/mol. The minimum Gasteiger partial charge on any atom is -0.321 e. The number of aryl methyl sites for hydroxylation is 2. The van der Waals surface area contributed by atoms with Crippen LogP contribution in [0.2, 0.25) is 0 Å². The molecular weight excluding hydrogens is 368 g/mol. The van der Waals surface area contributed by atoms with Gasteiger partial charge in [-0.15, -0.1) is 0 Å². The molecule has 0 unspecified atom stereocenters. The second-order valence-corrected chi connectivity index (χ2v) is 6.32. The number of nitro groups is 1. The highest BCUT2D eigenvalue weighted by Gasteiger charge is 2.19. The Balaban J connectivity index is 2.20. The zero-order valence-corrected chi connectivity index (χ0v) is 15.5. The van der Waals surface area contributed by atoms with Gasteiger partial charge in [0.05, 0.1) is 17.7 Å². The van der Waals surface area contributed by atoms with Crippen LogP contribution in [0.15, 0.2) is 32.7 Å². The molecule has 0 radical (unpaired) electrons. The molecule has 0 spiro atoms. The van der Waals surface area contributed by atoms with E-state index in [2.05, 4.69) is 9.97 Å². The van der Waals surface area contributed by atoms with E-state index in [1.807, 2.05) is 13.8 Å². The van der Waals surface area contributed by atoms with E-state index in [-0.39, 0.29) is 23.4 Å². The van der Waals surface area contributed by atoms with Gasteiger partial charge in [0.25, 0.3) is 16.8 Å². The number of nitrogens with zero attached hydrogens (tertiary/aromatic N) is 5. The van der Waals surface area contributed by atoms with Gasteiger partial charge in [0, 0.05) is 25.2 Å². The number of unbranched alkanes of at least 4 members (excludes halogenated alkanes) is 1. The summed E-state index contributed by atoms with van der Waals surface area (Å²) >= 11 is 0. The third-order valence-corrected chi connectivity index (χ3v) is 4.51. The molecule has 28 heavy (non-hydrogen) atoms. The monoisotopic (exact) mass is 388 g/mol. The van der Waals surface area contributed by atoms with Crippen molar-refractivity contribution in [2.75, 3.05) is 0 Å². The fraction of sp³-hybridized carbons (Fsp3) is 0.412. The standard InChI is InChI=1S/C17H20N6O5/c1-3-5-8-22-15-14(16(25)19-17(22)26)21(4-2)12(18-15)10-20-9-11(23(27)28)6-7-13(20)24/h6-7,9H,3-5,8,10H2,1-2H3,(H,19,25,26). The first-order valence-corrected chi connectivity index (χ1v) is 8.94. The molecule has 0 aliphatic heterocycles. The number of aromatic amines is 1. The van der Waals surface area contributed by atoms with Crippen LogP contribution >= 0.6 is 0 Å². The Morgan fingerprint density at radius 1 is 1.18 bits per heavy atom. The highest BCUT2D eigenvalue weighted by atomic mass is 16.6. The predicted octanol–water partition coefficient (Wildman–Crippen LogP) is 0.824. The summed E-state index contributed by atoms with van der Waals surface area (Å²) in [6.45, 7) is 4.51. The SMILES string of the molecule is CCCCn1c(=O)[nH]c(=O)c2c1nc(Cn1cc([N+](=O)[O-])ccc1=O)n2CC. The van der Waals surface area contributed by atoms with Crippen molar-refractivity contribution in [3.8, 4) is 0 Å². The predicted molar refractivity (Wildman–Crippen MR) is 102 cm³/mol. The van der Waals surface area contributed by atoms with Crippen molar-refractivity contribution >= 4 is 16.9 Å². The van der Waals surface area contributed by atoms with Crippen LogP contribution in [-0.2, 0) is 19.6 Å². The van der Waals surface area contributed by atoms with Crippen molar-refractivity contribution in [1.29, 1.82) is 0 Å². The van der Waals surface area contributed by atoms with E-state index in [1.54, 1.807) is 4.57 Å². The highest BCUT2D eigenvalue weighted by molar-refractivity contribution is 5.71. The number of imidazole rings is 1. The van der Waals surface area contributed by atoms with Crippen LogP contribution in [0, 0.1) is 10.1 Å².